The summed E-state index contributed by atoms with van der Waals surface area (Å²) >= 11 is 0. The summed E-state index contributed by atoms with van der Waals surface area (Å²) in [5.41, 5.74) is 5.37. The second kappa shape index (κ2) is 8.01. The van der Waals surface area contributed by atoms with Gasteiger partial charge in [-0.15, -0.1) is 0 Å². The Labute approximate surface area is 102 Å². The monoisotopic (exact) mass is 261 g/mol. The van der Waals surface area contributed by atoms with Gasteiger partial charge in [-0.2, -0.15) is 0 Å². The van der Waals surface area contributed by atoms with Crippen LogP contribution in [0.1, 0.15) is 12.8 Å². The molecule has 0 aromatic heterocycles. The van der Waals surface area contributed by atoms with Crippen LogP contribution in [0.2, 0.25) is 0 Å². The molecule has 102 valence electrons. The van der Waals surface area contributed by atoms with Crippen LogP contribution in [0.4, 0.5) is 0 Å². The highest BCUT2D eigenvalue weighted by Gasteiger charge is 2.15. The molecule has 2 amide bonds. The van der Waals surface area contributed by atoms with E-state index in [1.807, 2.05) is 5.32 Å². The van der Waals surface area contributed by atoms with E-state index in [2.05, 4.69) is 5.32 Å². The van der Waals surface area contributed by atoms with Gasteiger partial charge in [0.1, 0.15) is 6.54 Å². The lowest BCUT2D eigenvalue weighted by molar-refractivity contribution is -0.138. The van der Waals surface area contributed by atoms with Crippen LogP contribution in [-0.2, 0) is 19.2 Å². The molecule has 6 N–H and O–H groups in total. The van der Waals surface area contributed by atoms with E-state index < -0.39 is 42.9 Å². The van der Waals surface area contributed by atoms with Gasteiger partial charge >= 0.3 is 11.9 Å². The van der Waals surface area contributed by atoms with Crippen molar-refractivity contribution in [1.82, 2.24) is 10.6 Å². The fraction of sp³-hybridized carbons (Fsp3) is 0.556. The maximum Gasteiger partial charge on any atom is 0.322 e. The number of hydrogen-bond donors (Lipinski definition) is 5. The van der Waals surface area contributed by atoms with Gasteiger partial charge in [-0.3, -0.25) is 19.2 Å². The number of carboxylic acid groups (broad SMARTS) is 2. The number of carbonyl (C=O) groups is 4. The van der Waals surface area contributed by atoms with Gasteiger partial charge in [0.15, 0.2) is 0 Å². The van der Waals surface area contributed by atoms with Crippen molar-refractivity contribution in [3.63, 3.8) is 0 Å². The van der Waals surface area contributed by atoms with E-state index >= 15 is 0 Å². The fourth-order valence-corrected chi connectivity index (χ4v) is 0.945. The Balaban J connectivity index is 3.84. The zero-order chi connectivity index (χ0) is 14.1. The highest BCUT2D eigenvalue weighted by molar-refractivity contribution is 5.88. The molecule has 0 aromatic carbocycles. The Kier molecular flexibility index (Phi) is 7.05. The van der Waals surface area contributed by atoms with E-state index in [4.69, 9.17) is 15.9 Å². The summed E-state index contributed by atoms with van der Waals surface area (Å²) in [6.45, 7) is -0.952. The van der Waals surface area contributed by atoms with Crippen LogP contribution < -0.4 is 16.4 Å². The molecule has 9 nitrogen and oxygen atoms in total. The van der Waals surface area contributed by atoms with Gasteiger partial charge in [-0.05, 0) is 6.42 Å². The number of nitrogens with one attached hydrogen (secondary N) is 2. The maximum absolute atomic E-state index is 11.3. The molecule has 0 aliphatic heterocycles. The molecule has 1 atom stereocenters. The Hall–Kier alpha value is -2.16. The maximum atomic E-state index is 11.3. The number of hydrogen-bond acceptors (Lipinski definition) is 5. The smallest absolute Gasteiger partial charge is 0.322 e. The standard InChI is InChI=1S/C9H15N3O6/c10-5(1-2-7(14)15)9(18)12-3-6(13)11-4-8(16)17/h5H,1-4,10H2,(H,11,13)(H,12,18)(H,14,15)(H,16,17). The summed E-state index contributed by atoms with van der Waals surface area (Å²) in [7, 11) is 0. The normalized spacial score (nSPS) is 11.4. The molecule has 9 heteroatoms. The third-order valence-electron chi connectivity index (χ3n) is 1.87. The predicted molar refractivity (Wildman–Crippen MR) is 58.5 cm³/mol. The summed E-state index contributed by atoms with van der Waals surface area (Å²) < 4.78 is 0. The number of rotatable bonds is 8. The van der Waals surface area contributed by atoms with Crippen LogP contribution >= 0.6 is 0 Å². The summed E-state index contributed by atoms with van der Waals surface area (Å²) in [5, 5.41) is 20.9. The minimum atomic E-state index is -1.20. The second-order valence-corrected chi connectivity index (χ2v) is 3.43. The van der Waals surface area contributed by atoms with Gasteiger partial charge in [0.05, 0.1) is 12.6 Å². The highest BCUT2D eigenvalue weighted by Crippen LogP contribution is 1.94. The van der Waals surface area contributed by atoms with Gasteiger partial charge in [-0.25, -0.2) is 0 Å². The predicted octanol–water partition coefficient (Wildman–Crippen LogP) is -2.50. The molecule has 18 heavy (non-hydrogen) atoms. The molecule has 0 saturated heterocycles. The van der Waals surface area contributed by atoms with Crippen molar-refractivity contribution in [1.29, 1.82) is 0 Å². The lowest BCUT2D eigenvalue weighted by Gasteiger charge is -2.10. The Bertz CT molecular complexity index is 343. The molecule has 0 rings (SSSR count). The number of carbonyl (C=O) groups excluding carboxylic acids is 2. The van der Waals surface area contributed by atoms with Crippen LogP contribution in [0.5, 0.6) is 0 Å². The van der Waals surface area contributed by atoms with E-state index in [1.165, 1.54) is 0 Å². The van der Waals surface area contributed by atoms with Gasteiger partial charge < -0.3 is 26.6 Å². The third-order valence-corrected chi connectivity index (χ3v) is 1.87. The van der Waals surface area contributed by atoms with Crippen LogP contribution in [-0.4, -0.2) is 53.1 Å². The first-order valence-corrected chi connectivity index (χ1v) is 5.06. The molecule has 0 aromatic rings. The van der Waals surface area contributed by atoms with Gasteiger partial charge in [0, 0.05) is 6.42 Å². The van der Waals surface area contributed by atoms with Crippen molar-refractivity contribution in [2.24, 2.45) is 5.73 Å². The van der Waals surface area contributed by atoms with Crippen LogP contribution in [0, 0.1) is 0 Å². The van der Waals surface area contributed by atoms with Gasteiger partial charge in [-0.1, -0.05) is 0 Å². The van der Waals surface area contributed by atoms with Crippen molar-refractivity contribution >= 4 is 23.8 Å². The van der Waals surface area contributed by atoms with E-state index in [-0.39, 0.29) is 12.8 Å². The lowest BCUT2D eigenvalue weighted by atomic mass is 10.1. The molecule has 0 aliphatic rings. The number of amides is 2. The Morgan fingerprint density at radius 3 is 2.11 bits per heavy atom. The lowest BCUT2D eigenvalue weighted by Crippen LogP contribution is -2.45. The van der Waals surface area contributed by atoms with Crippen molar-refractivity contribution in [3.05, 3.63) is 0 Å². The molecule has 0 fully saturated rings. The largest absolute Gasteiger partial charge is 0.481 e. The van der Waals surface area contributed by atoms with E-state index in [9.17, 15) is 19.2 Å². The average molecular weight is 261 g/mol. The zero-order valence-corrected chi connectivity index (χ0v) is 9.51. The first-order chi connectivity index (χ1) is 8.32. The second-order valence-electron chi connectivity index (χ2n) is 3.43. The molecule has 0 radical (unpaired) electrons. The molecule has 0 heterocycles. The minimum Gasteiger partial charge on any atom is -0.481 e. The summed E-state index contributed by atoms with van der Waals surface area (Å²) in [5.74, 6) is -3.61. The van der Waals surface area contributed by atoms with Gasteiger partial charge in [0.25, 0.3) is 0 Å². The molecule has 0 bridgehead atoms. The summed E-state index contributed by atoms with van der Waals surface area (Å²) in [6.07, 6.45) is -0.294. The van der Waals surface area contributed by atoms with Crippen molar-refractivity contribution in [2.75, 3.05) is 13.1 Å². The summed E-state index contributed by atoms with van der Waals surface area (Å²) in [4.78, 5) is 42.6. The molecule has 1 unspecified atom stereocenters. The van der Waals surface area contributed by atoms with Crippen LogP contribution in [0.3, 0.4) is 0 Å². The zero-order valence-electron chi connectivity index (χ0n) is 9.51. The molecular formula is C9H15N3O6. The van der Waals surface area contributed by atoms with Crippen LogP contribution in [0.15, 0.2) is 0 Å². The third kappa shape index (κ3) is 8.05. The Morgan fingerprint density at radius 1 is 1.00 bits per heavy atom. The quantitative estimate of drug-likeness (QED) is 0.323. The Morgan fingerprint density at radius 2 is 1.61 bits per heavy atom. The first-order valence-electron chi connectivity index (χ1n) is 5.06. The van der Waals surface area contributed by atoms with Gasteiger partial charge in [0.2, 0.25) is 11.8 Å². The van der Waals surface area contributed by atoms with Crippen LogP contribution in [0.25, 0.3) is 0 Å². The SMILES string of the molecule is NC(CCC(=O)O)C(=O)NCC(=O)NCC(=O)O. The van der Waals surface area contributed by atoms with E-state index in [1.54, 1.807) is 0 Å². The van der Waals surface area contributed by atoms with Crippen molar-refractivity contribution in [3.8, 4) is 0 Å². The van der Waals surface area contributed by atoms with E-state index in [0.717, 1.165) is 0 Å². The molecule has 0 saturated carbocycles. The highest BCUT2D eigenvalue weighted by atomic mass is 16.4. The number of nitrogens with two attached hydrogens (primary N) is 1. The van der Waals surface area contributed by atoms with E-state index in [0.29, 0.717) is 0 Å². The fourth-order valence-electron chi connectivity index (χ4n) is 0.945. The molecule has 0 spiro atoms. The molecular weight excluding hydrogens is 246 g/mol. The first kappa shape index (κ1) is 15.8. The number of aliphatic carboxylic acids is 2. The topological polar surface area (TPSA) is 159 Å². The summed E-state index contributed by atoms with van der Waals surface area (Å²) in [6, 6.07) is -1.02. The average Bonchev–Trinajstić information content (AvgIpc) is 2.30. The number of carboxylic acids is 2. The van der Waals surface area contributed by atoms with Crippen molar-refractivity contribution in [2.45, 2.75) is 18.9 Å². The van der Waals surface area contributed by atoms with Crippen molar-refractivity contribution < 1.29 is 29.4 Å². The molecule has 0 aliphatic carbocycles. The minimum absolute atomic E-state index is 0.0437.